The number of hydrogen-bond donors (Lipinski definition) is 1. The van der Waals surface area contributed by atoms with Gasteiger partial charge in [0.2, 0.25) is 15.9 Å². The van der Waals surface area contributed by atoms with Crippen LogP contribution < -0.4 is 9.62 Å². The molecule has 0 aliphatic rings. The first-order chi connectivity index (χ1) is 12.3. The van der Waals surface area contributed by atoms with E-state index >= 15 is 0 Å². The zero-order valence-electron chi connectivity index (χ0n) is 14.5. The lowest BCUT2D eigenvalue weighted by molar-refractivity contribution is -0.116. The first-order valence-corrected chi connectivity index (χ1v) is 9.34. The molecule has 0 saturated heterocycles. The average molecular weight is 376 g/mol. The molecular weight excluding hydrogens is 356 g/mol. The van der Waals surface area contributed by atoms with Crippen LogP contribution in [0.1, 0.15) is 17.3 Å². The van der Waals surface area contributed by atoms with Crippen LogP contribution in [-0.4, -0.2) is 40.5 Å². The van der Waals surface area contributed by atoms with Crippen LogP contribution in [0.25, 0.3) is 0 Å². The van der Waals surface area contributed by atoms with E-state index in [1.165, 1.54) is 31.1 Å². The molecular formula is C18H20N2O5S. The Bertz CT molecular complexity index is 864. The number of esters is 1. The highest BCUT2D eigenvalue weighted by Gasteiger charge is 2.16. The van der Waals surface area contributed by atoms with Gasteiger partial charge < -0.3 is 9.64 Å². The second kappa shape index (κ2) is 8.59. The van der Waals surface area contributed by atoms with Crippen LogP contribution >= 0.6 is 0 Å². The molecule has 138 valence electrons. The molecule has 0 saturated carbocycles. The van der Waals surface area contributed by atoms with Gasteiger partial charge in [-0.2, -0.15) is 0 Å². The smallest absolute Gasteiger partial charge is 0.337 e. The summed E-state index contributed by atoms with van der Waals surface area (Å²) in [6.45, 7) is 1.59. The highest BCUT2D eigenvalue weighted by molar-refractivity contribution is 7.89. The number of benzene rings is 2. The number of ether oxygens (including phenoxy) is 1. The number of carbonyl (C=O) groups excluding carboxylic acids is 2. The minimum Gasteiger partial charge on any atom is -0.465 e. The van der Waals surface area contributed by atoms with Gasteiger partial charge in [0.05, 0.1) is 17.6 Å². The lowest BCUT2D eigenvalue weighted by Crippen LogP contribution is -2.37. The summed E-state index contributed by atoms with van der Waals surface area (Å²) in [5, 5.41) is 0. The predicted octanol–water partition coefficient (Wildman–Crippen LogP) is 1.80. The number of anilines is 1. The normalized spacial score (nSPS) is 11.0. The van der Waals surface area contributed by atoms with Crippen LogP contribution in [0.5, 0.6) is 0 Å². The largest absolute Gasteiger partial charge is 0.465 e. The molecule has 2 aromatic rings. The first kappa shape index (κ1) is 19.6. The van der Waals surface area contributed by atoms with Crippen LogP contribution in [0.15, 0.2) is 59.5 Å². The molecule has 7 nitrogen and oxygen atoms in total. The maximum absolute atomic E-state index is 12.2. The van der Waals surface area contributed by atoms with Crippen molar-refractivity contribution in [3.63, 3.8) is 0 Å². The van der Waals surface area contributed by atoms with Crippen molar-refractivity contribution in [3.8, 4) is 0 Å². The van der Waals surface area contributed by atoms with E-state index in [0.717, 1.165) is 0 Å². The van der Waals surface area contributed by atoms with Crippen molar-refractivity contribution in [2.45, 2.75) is 11.8 Å². The monoisotopic (exact) mass is 376 g/mol. The number of methoxy groups -OCH3 is 1. The number of hydrogen-bond acceptors (Lipinski definition) is 5. The third kappa shape index (κ3) is 4.90. The molecule has 0 spiro atoms. The lowest BCUT2D eigenvalue weighted by atomic mass is 10.2. The summed E-state index contributed by atoms with van der Waals surface area (Å²) in [7, 11) is -2.35. The molecule has 0 unspecified atom stereocenters. The van der Waals surface area contributed by atoms with Crippen molar-refractivity contribution in [1.82, 2.24) is 4.72 Å². The maximum Gasteiger partial charge on any atom is 0.337 e. The summed E-state index contributed by atoms with van der Waals surface area (Å²) in [5.74, 6) is -0.712. The second-order valence-corrected chi connectivity index (χ2v) is 7.19. The third-order valence-corrected chi connectivity index (χ3v) is 5.14. The Morgan fingerprint density at radius 2 is 1.65 bits per heavy atom. The fourth-order valence-corrected chi connectivity index (χ4v) is 3.38. The standard InChI is InChI=1S/C18H20N2O5S/c1-14(21)20(16-10-8-15(9-11-16)18(22)25-2)13-12-19-26(23,24)17-6-4-3-5-7-17/h3-11,19H,12-13H2,1-2H3. The highest BCUT2D eigenvalue weighted by Crippen LogP contribution is 2.16. The average Bonchev–Trinajstić information content (AvgIpc) is 2.65. The fraction of sp³-hybridized carbons (Fsp3) is 0.222. The van der Waals surface area contributed by atoms with Crippen LogP contribution in [0, 0.1) is 0 Å². The van der Waals surface area contributed by atoms with Crippen molar-refractivity contribution < 1.29 is 22.7 Å². The van der Waals surface area contributed by atoms with E-state index in [2.05, 4.69) is 9.46 Å². The summed E-state index contributed by atoms with van der Waals surface area (Å²) >= 11 is 0. The van der Waals surface area contributed by atoms with Gasteiger partial charge in [0, 0.05) is 25.7 Å². The van der Waals surface area contributed by atoms with Crippen LogP contribution in [0.4, 0.5) is 5.69 Å². The van der Waals surface area contributed by atoms with E-state index in [1.807, 2.05) is 0 Å². The molecule has 1 amide bonds. The van der Waals surface area contributed by atoms with Gasteiger partial charge in [0.15, 0.2) is 0 Å². The molecule has 0 heterocycles. The minimum atomic E-state index is -3.63. The molecule has 1 N–H and O–H groups in total. The lowest BCUT2D eigenvalue weighted by Gasteiger charge is -2.21. The quantitative estimate of drug-likeness (QED) is 0.744. The Morgan fingerprint density at radius 1 is 1.04 bits per heavy atom. The van der Waals surface area contributed by atoms with Gasteiger partial charge in [-0.15, -0.1) is 0 Å². The third-order valence-electron chi connectivity index (χ3n) is 3.66. The van der Waals surface area contributed by atoms with Gasteiger partial charge >= 0.3 is 5.97 Å². The Morgan fingerprint density at radius 3 is 2.19 bits per heavy atom. The van der Waals surface area contributed by atoms with E-state index in [1.54, 1.807) is 42.5 Å². The van der Waals surface area contributed by atoms with E-state index < -0.39 is 16.0 Å². The van der Waals surface area contributed by atoms with Gasteiger partial charge in [-0.25, -0.2) is 17.9 Å². The van der Waals surface area contributed by atoms with Crippen molar-refractivity contribution >= 4 is 27.6 Å². The van der Waals surface area contributed by atoms with Crippen molar-refractivity contribution in [2.75, 3.05) is 25.1 Å². The van der Waals surface area contributed by atoms with Crippen molar-refractivity contribution in [2.24, 2.45) is 0 Å². The van der Waals surface area contributed by atoms with Crippen LogP contribution in [-0.2, 0) is 19.6 Å². The van der Waals surface area contributed by atoms with Crippen LogP contribution in [0.3, 0.4) is 0 Å². The summed E-state index contributed by atoms with van der Waals surface area (Å²) < 4.78 is 31.5. The molecule has 0 aliphatic heterocycles. The Balaban J connectivity index is 2.05. The molecule has 0 bridgehead atoms. The molecule has 2 aromatic carbocycles. The van der Waals surface area contributed by atoms with Gasteiger partial charge in [-0.05, 0) is 36.4 Å². The van der Waals surface area contributed by atoms with E-state index in [-0.39, 0.29) is 23.9 Å². The van der Waals surface area contributed by atoms with Crippen molar-refractivity contribution in [1.29, 1.82) is 0 Å². The number of carbonyl (C=O) groups is 2. The van der Waals surface area contributed by atoms with Gasteiger partial charge in [-0.1, -0.05) is 18.2 Å². The summed E-state index contributed by atoms with van der Waals surface area (Å²) in [6, 6.07) is 14.3. The zero-order valence-corrected chi connectivity index (χ0v) is 15.3. The summed E-state index contributed by atoms with van der Waals surface area (Å²) in [5.41, 5.74) is 0.925. The fourth-order valence-electron chi connectivity index (χ4n) is 2.34. The molecule has 0 atom stereocenters. The van der Waals surface area contributed by atoms with Gasteiger partial charge in [0.25, 0.3) is 0 Å². The molecule has 0 fully saturated rings. The van der Waals surface area contributed by atoms with Gasteiger partial charge in [0.1, 0.15) is 0 Å². The van der Waals surface area contributed by atoms with E-state index in [9.17, 15) is 18.0 Å². The molecule has 8 heteroatoms. The summed E-state index contributed by atoms with van der Waals surface area (Å²) in [6.07, 6.45) is 0. The predicted molar refractivity (Wildman–Crippen MR) is 97.4 cm³/mol. The highest BCUT2D eigenvalue weighted by atomic mass is 32.2. The van der Waals surface area contributed by atoms with E-state index in [4.69, 9.17) is 0 Å². The molecule has 0 radical (unpaired) electrons. The first-order valence-electron chi connectivity index (χ1n) is 7.86. The topological polar surface area (TPSA) is 92.8 Å². The Labute approximate surface area is 152 Å². The summed E-state index contributed by atoms with van der Waals surface area (Å²) in [4.78, 5) is 25.0. The SMILES string of the molecule is COC(=O)c1ccc(N(CCNS(=O)(=O)c2ccccc2)C(C)=O)cc1. The molecule has 26 heavy (non-hydrogen) atoms. The van der Waals surface area contributed by atoms with E-state index in [0.29, 0.717) is 11.3 Å². The number of nitrogens with zero attached hydrogens (tertiary/aromatic N) is 1. The van der Waals surface area contributed by atoms with Crippen LogP contribution in [0.2, 0.25) is 0 Å². The number of nitrogens with one attached hydrogen (secondary N) is 1. The Kier molecular flexibility index (Phi) is 6.48. The molecule has 2 rings (SSSR count). The number of amides is 1. The maximum atomic E-state index is 12.2. The number of rotatable bonds is 7. The van der Waals surface area contributed by atoms with Crippen molar-refractivity contribution in [3.05, 3.63) is 60.2 Å². The number of sulfonamides is 1. The molecule has 0 aliphatic carbocycles. The minimum absolute atomic E-state index is 0.0512. The molecule has 0 aromatic heterocycles. The zero-order chi connectivity index (χ0) is 19.2. The Hall–Kier alpha value is -2.71. The second-order valence-electron chi connectivity index (χ2n) is 5.42. The van der Waals surface area contributed by atoms with Gasteiger partial charge in [-0.3, -0.25) is 4.79 Å².